The summed E-state index contributed by atoms with van der Waals surface area (Å²) in [6, 6.07) is 27.6. The van der Waals surface area contributed by atoms with Crippen LogP contribution >= 0.6 is 0 Å². The van der Waals surface area contributed by atoms with Crippen molar-refractivity contribution in [3.05, 3.63) is 102 Å². The molecule has 3 heteroatoms. The van der Waals surface area contributed by atoms with E-state index in [-0.39, 0.29) is 0 Å². The van der Waals surface area contributed by atoms with E-state index in [9.17, 15) is 0 Å². The Kier molecular flexibility index (Phi) is 4.63. The average Bonchev–Trinajstić information content (AvgIpc) is 3.24. The highest BCUT2D eigenvalue weighted by Gasteiger charge is 2.07. The normalized spacial score (nSPS) is 10.8. The molecule has 0 aliphatic heterocycles. The maximum absolute atomic E-state index is 8.84. The number of hydrogen-bond donors (Lipinski definition) is 0. The monoisotopic (exact) mass is 348 g/mol. The fourth-order valence-corrected chi connectivity index (χ4v) is 2.74. The average molecular weight is 348 g/mol. The van der Waals surface area contributed by atoms with E-state index in [0.717, 1.165) is 28.0 Å². The highest BCUT2D eigenvalue weighted by atomic mass is 16.4. The van der Waals surface area contributed by atoms with E-state index in [1.165, 1.54) is 0 Å². The summed E-state index contributed by atoms with van der Waals surface area (Å²) in [5.41, 5.74) is 4.75. The third kappa shape index (κ3) is 3.86. The zero-order valence-corrected chi connectivity index (χ0v) is 14.5. The summed E-state index contributed by atoms with van der Waals surface area (Å²) in [5.74, 6) is 1.37. The molecule has 4 rings (SSSR count). The fraction of sp³-hybridized carbons (Fsp3) is 0. The van der Waals surface area contributed by atoms with Crippen molar-refractivity contribution in [3.63, 3.8) is 0 Å². The molecule has 1 aromatic heterocycles. The maximum Gasteiger partial charge on any atom is 0.226 e. The van der Waals surface area contributed by atoms with Gasteiger partial charge in [-0.25, -0.2) is 4.98 Å². The number of rotatable bonds is 4. The van der Waals surface area contributed by atoms with Crippen LogP contribution in [0, 0.1) is 11.3 Å². The molecule has 0 aliphatic rings. The molecule has 27 heavy (non-hydrogen) atoms. The zero-order valence-electron chi connectivity index (χ0n) is 14.5. The molecule has 0 saturated heterocycles. The lowest BCUT2D eigenvalue weighted by molar-refractivity contribution is 0.589. The molecular formula is C24H16N2O. The van der Waals surface area contributed by atoms with Gasteiger partial charge in [0.2, 0.25) is 5.89 Å². The van der Waals surface area contributed by atoms with Crippen molar-refractivity contribution in [3.8, 4) is 28.8 Å². The summed E-state index contributed by atoms with van der Waals surface area (Å²) < 4.78 is 5.89. The van der Waals surface area contributed by atoms with Crippen LogP contribution in [0.1, 0.15) is 16.7 Å². The van der Waals surface area contributed by atoms with Crippen LogP contribution in [0.5, 0.6) is 0 Å². The lowest BCUT2D eigenvalue weighted by Crippen LogP contribution is -1.78. The van der Waals surface area contributed by atoms with Gasteiger partial charge in [-0.15, -0.1) is 0 Å². The molecule has 0 amide bonds. The molecular weight excluding hydrogens is 332 g/mol. The minimum Gasteiger partial charge on any atom is -0.436 e. The lowest BCUT2D eigenvalue weighted by Gasteiger charge is -1.99. The van der Waals surface area contributed by atoms with E-state index in [0.29, 0.717) is 11.5 Å². The Morgan fingerprint density at radius 2 is 1.37 bits per heavy atom. The van der Waals surface area contributed by atoms with Crippen molar-refractivity contribution in [2.75, 3.05) is 0 Å². The Morgan fingerprint density at radius 1 is 0.741 bits per heavy atom. The molecule has 4 aromatic rings. The number of nitrogens with zero attached hydrogens (tertiary/aromatic N) is 2. The smallest absolute Gasteiger partial charge is 0.226 e. The van der Waals surface area contributed by atoms with E-state index in [4.69, 9.17) is 9.68 Å². The van der Waals surface area contributed by atoms with Gasteiger partial charge in [-0.05, 0) is 35.4 Å². The predicted molar refractivity (Wildman–Crippen MR) is 107 cm³/mol. The van der Waals surface area contributed by atoms with Crippen molar-refractivity contribution < 1.29 is 4.42 Å². The minimum atomic E-state index is 0.608. The summed E-state index contributed by atoms with van der Waals surface area (Å²) in [6.07, 6.45) is 5.81. The van der Waals surface area contributed by atoms with E-state index >= 15 is 0 Å². The molecule has 128 valence electrons. The standard InChI is InChI=1S/C24H16N2O/c25-16-20-10-8-18(9-11-20)6-7-19-12-14-22(15-13-19)24-26-17-23(27-24)21-4-2-1-3-5-21/h1-15,17H/b7-6+. The first-order valence-corrected chi connectivity index (χ1v) is 8.62. The van der Waals surface area contributed by atoms with E-state index in [1.54, 1.807) is 6.20 Å². The second kappa shape index (κ2) is 7.55. The number of hydrogen-bond acceptors (Lipinski definition) is 3. The largest absolute Gasteiger partial charge is 0.436 e. The van der Waals surface area contributed by atoms with Crippen molar-refractivity contribution in [2.45, 2.75) is 0 Å². The first kappa shape index (κ1) is 16.6. The molecule has 0 radical (unpaired) electrons. The molecule has 3 aromatic carbocycles. The van der Waals surface area contributed by atoms with Crippen LogP contribution in [-0.4, -0.2) is 4.98 Å². The summed E-state index contributed by atoms with van der Waals surface area (Å²) in [5, 5.41) is 8.84. The van der Waals surface area contributed by atoms with Gasteiger partial charge < -0.3 is 4.42 Å². The first-order valence-electron chi connectivity index (χ1n) is 8.62. The Labute approximate surface area is 157 Å². The van der Waals surface area contributed by atoms with Gasteiger partial charge in [-0.2, -0.15) is 5.26 Å². The van der Waals surface area contributed by atoms with Crippen molar-refractivity contribution >= 4 is 12.2 Å². The minimum absolute atomic E-state index is 0.608. The van der Waals surface area contributed by atoms with Gasteiger partial charge in [0, 0.05) is 11.1 Å². The molecule has 3 nitrogen and oxygen atoms in total. The van der Waals surface area contributed by atoms with Crippen LogP contribution < -0.4 is 0 Å². The molecule has 0 unspecified atom stereocenters. The number of aromatic nitrogens is 1. The van der Waals surface area contributed by atoms with Crippen LogP contribution in [0.25, 0.3) is 34.9 Å². The quantitative estimate of drug-likeness (QED) is 0.422. The Hall–Kier alpha value is -3.90. The highest BCUT2D eigenvalue weighted by Crippen LogP contribution is 2.26. The maximum atomic E-state index is 8.84. The molecule has 0 aliphatic carbocycles. The molecule has 0 atom stereocenters. The van der Waals surface area contributed by atoms with Crippen molar-refractivity contribution in [2.24, 2.45) is 0 Å². The third-order valence-corrected chi connectivity index (χ3v) is 4.23. The van der Waals surface area contributed by atoms with Gasteiger partial charge in [0.05, 0.1) is 17.8 Å². The topological polar surface area (TPSA) is 49.8 Å². The van der Waals surface area contributed by atoms with Gasteiger partial charge in [0.1, 0.15) is 0 Å². The van der Waals surface area contributed by atoms with Crippen molar-refractivity contribution in [1.82, 2.24) is 4.98 Å². The van der Waals surface area contributed by atoms with E-state index < -0.39 is 0 Å². The summed E-state index contributed by atoms with van der Waals surface area (Å²) in [6.45, 7) is 0. The Morgan fingerprint density at radius 3 is 2.00 bits per heavy atom. The van der Waals surface area contributed by atoms with Gasteiger partial charge in [0.25, 0.3) is 0 Å². The van der Waals surface area contributed by atoms with Gasteiger partial charge >= 0.3 is 0 Å². The Bertz CT molecular complexity index is 1100. The van der Waals surface area contributed by atoms with E-state index in [2.05, 4.69) is 11.1 Å². The number of nitriles is 1. The Balaban J connectivity index is 1.50. The van der Waals surface area contributed by atoms with Crippen LogP contribution in [0.4, 0.5) is 0 Å². The molecule has 0 fully saturated rings. The fourth-order valence-electron chi connectivity index (χ4n) is 2.74. The molecule has 0 spiro atoms. The summed E-state index contributed by atoms with van der Waals surface area (Å²) in [7, 11) is 0. The SMILES string of the molecule is N#Cc1ccc(/C=C/c2ccc(-c3ncc(-c4ccccc4)o3)cc2)cc1. The lowest BCUT2D eigenvalue weighted by atomic mass is 10.1. The van der Waals surface area contributed by atoms with Gasteiger partial charge in [-0.1, -0.05) is 66.7 Å². The zero-order chi connectivity index (χ0) is 18.5. The molecule has 1 heterocycles. The van der Waals surface area contributed by atoms with Crippen LogP contribution in [0.3, 0.4) is 0 Å². The van der Waals surface area contributed by atoms with Gasteiger partial charge in [-0.3, -0.25) is 0 Å². The third-order valence-electron chi connectivity index (χ3n) is 4.23. The second-order valence-electron chi connectivity index (χ2n) is 6.08. The van der Waals surface area contributed by atoms with Crippen LogP contribution in [-0.2, 0) is 0 Å². The van der Waals surface area contributed by atoms with Crippen molar-refractivity contribution in [1.29, 1.82) is 5.26 Å². The number of oxazole rings is 1. The van der Waals surface area contributed by atoms with Crippen LogP contribution in [0.2, 0.25) is 0 Å². The summed E-state index contributed by atoms with van der Waals surface area (Å²) >= 11 is 0. The summed E-state index contributed by atoms with van der Waals surface area (Å²) in [4.78, 5) is 4.39. The number of benzene rings is 3. The van der Waals surface area contributed by atoms with E-state index in [1.807, 2.05) is 91.0 Å². The second-order valence-corrected chi connectivity index (χ2v) is 6.08. The predicted octanol–water partition coefficient (Wildman–Crippen LogP) is 6.05. The molecule has 0 bridgehead atoms. The highest BCUT2D eigenvalue weighted by molar-refractivity contribution is 5.71. The van der Waals surface area contributed by atoms with Gasteiger partial charge in [0.15, 0.2) is 5.76 Å². The first-order chi connectivity index (χ1) is 13.3. The molecule has 0 N–H and O–H groups in total. The molecule has 0 saturated carbocycles. The van der Waals surface area contributed by atoms with Crippen LogP contribution in [0.15, 0.2) is 89.5 Å².